The topological polar surface area (TPSA) is 99.1 Å². The third-order valence-electron chi connectivity index (χ3n) is 3.24. The molecule has 1 aromatic rings. The molecule has 2 amide bonds. The van der Waals surface area contributed by atoms with Gasteiger partial charge in [0.2, 0.25) is 0 Å². The Labute approximate surface area is 126 Å². The van der Waals surface area contributed by atoms with Crippen LogP contribution in [0.4, 0.5) is 10.5 Å². The predicted octanol–water partition coefficient (Wildman–Crippen LogP) is 1.40. The van der Waals surface area contributed by atoms with Gasteiger partial charge in [-0.05, 0) is 12.1 Å². The van der Waals surface area contributed by atoms with Crippen LogP contribution in [-0.2, 0) is 4.79 Å². The molecule has 1 saturated heterocycles. The molecule has 0 radical (unpaired) electrons. The lowest BCUT2D eigenvalue weighted by atomic mass is 10.2. The van der Waals surface area contributed by atoms with Gasteiger partial charge in [0.25, 0.3) is 0 Å². The Bertz CT molecular complexity index is 565. The molecule has 1 aliphatic heterocycles. The summed E-state index contributed by atoms with van der Waals surface area (Å²) in [4.78, 5) is 24.3. The number of carbonyl (C=O) groups is 2. The van der Waals surface area contributed by atoms with E-state index in [0.717, 1.165) is 4.90 Å². The maximum Gasteiger partial charge on any atom is 0.326 e. The standard InChI is InChI=1S/C13H15ClN2O5/c1-21-8-2-3-9(14)10(5-8)15-13(20)16-6-7(17)4-11(16)12(18)19/h2-3,5,7,11,17H,4,6H2,1H3,(H,15,20)(H,18,19)/t7-,11-/m0/s1. The molecular formula is C13H15ClN2O5. The molecule has 1 fully saturated rings. The fourth-order valence-corrected chi connectivity index (χ4v) is 2.35. The minimum Gasteiger partial charge on any atom is -0.497 e. The smallest absolute Gasteiger partial charge is 0.326 e. The van der Waals surface area contributed by atoms with Crippen molar-refractivity contribution in [3.63, 3.8) is 0 Å². The molecule has 0 spiro atoms. The average Bonchev–Trinajstić information content (AvgIpc) is 2.83. The number of methoxy groups -OCH3 is 1. The van der Waals surface area contributed by atoms with E-state index < -0.39 is 24.1 Å². The van der Waals surface area contributed by atoms with Gasteiger partial charge in [-0.2, -0.15) is 0 Å². The van der Waals surface area contributed by atoms with Crippen molar-refractivity contribution >= 4 is 29.3 Å². The number of aliphatic hydroxyl groups is 1. The highest BCUT2D eigenvalue weighted by Gasteiger charge is 2.39. The summed E-state index contributed by atoms with van der Waals surface area (Å²) in [5.74, 6) is -0.649. The van der Waals surface area contributed by atoms with Crippen LogP contribution in [0.25, 0.3) is 0 Å². The van der Waals surface area contributed by atoms with Crippen molar-refractivity contribution in [2.24, 2.45) is 0 Å². The number of hydrogen-bond acceptors (Lipinski definition) is 4. The Balaban J connectivity index is 2.16. The number of rotatable bonds is 3. The summed E-state index contributed by atoms with van der Waals surface area (Å²) >= 11 is 5.98. The zero-order chi connectivity index (χ0) is 15.6. The number of aliphatic hydroxyl groups excluding tert-OH is 1. The van der Waals surface area contributed by atoms with E-state index >= 15 is 0 Å². The quantitative estimate of drug-likeness (QED) is 0.783. The van der Waals surface area contributed by atoms with Crippen LogP contribution in [0.2, 0.25) is 5.02 Å². The van der Waals surface area contributed by atoms with E-state index in [4.69, 9.17) is 21.4 Å². The van der Waals surface area contributed by atoms with Crippen molar-refractivity contribution in [3.8, 4) is 5.75 Å². The lowest BCUT2D eigenvalue weighted by Gasteiger charge is -2.22. The van der Waals surface area contributed by atoms with E-state index in [-0.39, 0.29) is 13.0 Å². The van der Waals surface area contributed by atoms with Gasteiger partial charge in [0, 0.05) is 19.0 Å². The number of ether oxygens (including phenoxy) is 1. The Morgan fingerprint density at radius 3 is 2.81 bits per heavy atom. The Morgan fingerprint density at radius 1 is 1.48 bits per heavy atom. The lowest BCUT2D eigenvalue weighted by Crippen LogP contribution is -2.43. The third-order valence-corrected chi connectivity index (χ3v) is 3.57. The number of aliphatic carboxylic acids is 1. The van der Waals surface area contributed by atoms with Crippen LogP contribution in [0.5, 0.6) is 5.75 Å². The first-order valence-corrected chi connectivity index (χ1v) is 6.62. The number of nitrogens with one attached hydrogen (secondary N) is 1. The molecule has 0 saturated carbocycles. The van der Waals surface area contributed by atoms with Crippen LogP contribution >= 0.6 is 11.6 Å². The Hall–Kier alpha value is -1.99. The Kier molecular flexibility index (Phi) is 4.54. The number of β-amino-alcohol motifs (C(OH)–C–C–N with tert-alkyl or cyclic N) is 1. The number of carboxylic acids is 1. The second-order valence-electron chi connectivity index (χ2n) is 4.67. The molecule has 21 heavy (non-hydrogen) atoms. The maximum atomic E-state index is 12.2. The number of carboxylic acid groups (broad SMARTS) is 1. The highest BCUT2D eigenvalue weighted by molar-refractivity contribution is 6.33. The van der Waals surface area contributed by atoms with E-state index in [1.807, 2.05) is 0 Å². The van der Waals surface area contributed by atoms with Gasteiger partial charge < -0.3 is 25.2 Å². The van der Waals surface area contributed by atoms with Crippen LogP contribution in [0, 0.1) is 0 Å². The predicted molar refractivity (Wildman–Crippen MR) is 75.8 cm³/mol. The number of carbonyl (C=O) groups excluding carboxylic acids is 1. The van der Waals surface area contributed by atoms with Gasteiger partial charge in [-0.25, -0.2) is 9.59 Å². The average molecular weight is 315 g/mol. The van der Waals surface area contributed by atoms with Crippen molar-refractivity contribution < 1.29 is 24.5 Å². The van der Waals surface area contributed by atoms with E-state index in [0.29, 0.717) is 16.5 Å². The molecule has 2 rings (SSSR count). The summed E-state index contributed by atoms with van der Waals surface area (Å²) in [6, 6.07) is 3.04. The van der Waals surface area contributed by atoms with E-state index in [9.17, 15) is 14.7 Å². The number of nitrogens with zero attached hydrogens (tertiary/aromatic N) is 1. The minimum atomic E-state index is -1.15. The largest absolute Gasteiger partial charge is 0.497 e. The molecule has 0 unspecified atom stereocenters. The number of benzene rings is 1. The number of hydrogen-bond donors (Lipinski definition) is 3. The number of urea groups is 1. The minimum absolute atomic E-state index is 0.00853. The summed E-state index contributed by atoms with van der Waals surface area (Å²) in [6.45, 7) is -0.0373. The molecule has 8 heteroatoms. The third kappa shape index (κ3) is 3.37. The second-order valence-corrected chi connectivity index (χ2v) is 5.08. The molecule has 2 atom stereocenters. The van der Waals surface area contributed by atoms with Gasteiger partial charge in [-0.15, -0.1) is 0 Å². The van der Waals surface area contributed by atoms with Gasteiger partial charge in [0.1, 0.15) is 11.8 Å². The van der Waals surface area contributed by atoms with E-state index in [1.165, 1.54) is 13.2 Å². The summed E-state index contributed by atoms with van der Waals surface area (Å²) in [5, 5.41) is 21.4. The van der Waals surface area contributed by atoms with Crippen molar-refractivity contribution in [1.82, 2.24) is 4.90 Å². The SMILES string of the molecule is COc1ccc(Cl)c(NC(=O)N2C[C@@H](O)C[C@H]2C(=O)O)c1. The van der Waals surface area contributed by atoms with E-state index in [2.05, 4.69) is 5.32 Å². The van der Waals surface area contributed by atoms with Gasteiger partial charge in [-0.3, -0.25) is 0 Å². The molecular weight excluding hydrogens is 300 g/mol. The fraction of sp³-hybridized carbons (Fsp3) is 0.385. The van der Waals surface area contributed by atoms with Crippen LogP contribution in [0.1, 0.15) is 6.42 Å². The molecule has 1 aliphatic rings. The zero-order valence-electron chi connectivity index (χ0n) is 11.2. The second kappa shape index (κ2) is 6.19. The van der Waals surface area contributed by atoms with Gasteiger partial charge in [0.05, 0.1) is 23.9 Å². The molecule has 0 aliphatic carbocycles. The fourth-order valence-electron chi connectivity index (χ4n) is 2.19. The normalized spacial score (nSPS) is 21.2. The number of halogens is 1. The van der Waals surface area contributed by atoms with Crippen molar-refractivity contribution in [2.45, 2.75) is 18.6 Å². The summed E-state index contributed by atoms with van der Waals surface area (Å²) in [6.07, 6.45) is -0.841. The first-order chi connectivity index (χ1) is 9.92. The monoisotopic (exact) mass is 314 g/mol. The highest BCUT2D eigenvalue weighted by Crippen LogP contribution is 2.28. The Morgan fingerprint density at radius 2 is 2.19 bits per heavy atom. The van der Waals surface area contributed by atoms with E-state index in [1.54, 1.807) is 12.1 Å². The molecule has 1 heterocycles. The lowest BCUT2D eigenvalue weighted by molar-refractivity contribution is -0.141. The summed E-state index contributed by atoms with van der Waals surface area (Å²) in [5.41, 5.74) is 0.312. The van der Waals surface area contributed by atoms with Crippen molar-refractivity contribution in [1.29, 1.82) is 0 Å². The maximum absolute atomic E-state index is 12.2. The number of amides is 2. The highest BCUT2D eigenvalue weighted by atomic mass is 35.5. The first-order valence-electron chi connectivity index (χ1n) is 6.24. The summed E-state index contributed by atoms with van der Waals surface area (Å²) < 4.78 is 5.04. The zero-order valence-corrected chi connectivity index (χ0v) is 12.0. The molecule has 0 bridgehead atoms. The number of anilines is 1. The summed E-state index contributed by atoms with van der Waals surface area (Å²) in [7, 11) is 1.48. The van der Waals surface area contributed by atoms with Gasteiger partial charge in [-0.1, -0.05) is 11.6 Å². The molecule has 1 aromatic carbocycles. The molecule has 0 aromatic heterocycles. The molecule has 114 valence electrons. The van der Waals surface area contributed by atoms with Crippen LogP contribution < -0.4 is 10.1 Å². The van der Waals surface area contributed by atoms with Crippen molar-refractivity contribution in [3.05, 3.63) is 23.2 Å². The number of likely N-dealkylation sites (tertiary alicyclic amines) is 1. The van der Waals surface area contributed by atoms with Crippen molar-refractivity contribution in [2.75, 3.05) is 19.0 Å². The molecule has 3 N–H and O–H groups in total. The van der Waals surface area contributed by atoms with Crippen LogP contribution in [0.15, 0.2) is 18.2 Å². The van der Waals surface area contributed by atoms with Gasteiger partial charge in [0.15, 0.2) is 0 Å². The van der Waals surface area contributed by atoms with Gasteiger partial charge >= 0.3 is 12.0 Å². The van der Waals surface area contributed by atoms with Crippen LogP contribution in [0.3, 0.4) is 0 Å². The first kappa shape index (κ1) is 15.4. The van der Waals surface area contributed by atoms with Crippen LogP contribution in [-0.4, -0.2) is 52.9 Å². The molecule has 7 nitrogen and oxygen atoms in total.